The van der Waals surface area contributed by atoms with E-state index in [1.165, 1.54) is 7.11 Å². The van der Waals surface area contributed by atoms with Crippen LogP contribution >= 0.6 is 0 Å². The highest BCUT2D eigenvalue weighted by atomic mass is 16.5. The average molecular weight is 381 g/mol. The summed E-state index contributed by atoms with van der Waals surface area (Å²) in [4.78, 5) is 22.9. The summed E-state index contributed by atoms with van der Waals surface area (Å²) < 4.78 is 7.04. The molecule has 1 aliphatic rings. The Morgan fingerprint density at radius 3 is 2.54 bits per heavy atom. The molecular weight excluding hydrogens is 358 g/mol. The number of ether oxygens (including phenoxy) is 1. The SMILES string of the molecule is COC(=O)[C@@H](O)c1c(C)c2c3c(cc(C)n3CCN2c2ncc(N)cn2)c1C. The summed E-state index contributed by atoms with van der Waals surface area (Å²) in [7, 11) is 1.27. The lowest BCUT2D eigenvalue weighted by molar-refractivity contribution is -0.150. The highest BCUT2D eigenvalue weighted by molar-refractivity contribution is 6.01. The molecule has 146 valence electrons. The van der Waals surface area contributed by atoms with E-state index in [0.29, 0.717) is 23.7 Å². The molecule has 0 saturated carbocycles. The van der Waals surface area contributed by atoms with Crippen LogP contribution in [0.3, 0.4) is 0 Å². The summed E-state index contributed by atoms with van der Waals surface area (Å²) in [5, 5.41) is 11.7. The first kappa shape index (κ1) is 18.2. The highest BCUT2D eigenvalue weighted by Gasteiger charge is 2.32. The molecule has 0 bridgehead atoms. The molecule has 1 aliphatic heterocycles. The number of esters is 1. The Morgan fingerprint density at radius 1 is 1.21 bits per heavy atom. The summed E-state index contributed by atoms with van der Waals surface area (Å²) in [6.45, 7) is 7.35. The Bertz CT molecular complexity index is 1090. The Hall–Kier alpha value is -3.13. The molecule has 0 saturated heterocycles. The van der Waals surface area contributed by atoms with Crippen LogP contribution in [0.4, 0.5) is 17.3 Å². The van der Waals surface area contributed by atoms with Gasteiger partial charge >= 0.3 is 5.97 Å². The van der Waals surface area contributed by atoms with Crippen molar-refractivity contribution in [2.24, 2.45) is 0 Å². The molecular formula is C20H23N5O3. The van der Waals surface area contributed by atoms with E-state index in [4.69, 9.17) is 10.5 Å². The average Bonchev–Trinajstić information content (AvgIpc) is 3.03. The number of hydrogen-bond acceptors (Lipinski definition) is 7. The Labute approximate surface area is 162 Å². The first-order valence-electron chi connectivity index (χ1n) is 9.09. The molecule has 3 heterocycles. The summed E-state index contributed by atoms with van der Waals surface area (Å²) in [5.74, 6) is -0.147. The number of carbonyl (C=O) groups is 1. The van der Waals surface area contributed by atoms with Gasteiger partial charge in [0.2, 0.25) is 5.95 Å². The number of aliphatic hydroxyl groups is 1. The second-order valence-electron chi connectivity index (χ2n) is 7.11. The van der Waals surface area contributed by atoms with Gasteiger partial charge in [0.1, 0.15) is 0 Å². The maximum Gasteiger partial charge on any atom is 0.339 e. The molecule has 0 radical (unpaired) electrons. The largest absolute Gasteiger partial charge is 0.467 e. The van der Waals surface area contributed by atoms with Crippen molar-refractivity contribution >= 4 is 34.2 Å². The van der Waals surface area contributed by atoms with E-state index in [9.17, 15) is 9.90 Å². The fraction of sp³-hybridized carbons (Fsp3) is 0.350. The zero-order chi connectivity index (χ0) is 20.2. The zero-order valence-corrected chi connectivity index (χ0v) is 16.4. The van der Waals surface area contributed by atoms with E-state index < -0.39 is 12.1 Å². The fourth-order valence-electron chi connectivity index (χ4n) is 4.19. The van der Waals surface area contributed by atoms with Crippen LogP contribution in [0.5, 0.6) is 0 Å². The van der Waals surface area contributed by atoms with Gasteiger partial charge in [-0.2, -0.15) is 0 Å². The van der Waals surface area contributed by atoms with Crippen LogP contribution in [0.1, 0.15) is 28.5 Å². The van der Waals surface area contributed by atoms with Gasteiger partial charge < -0.3 is 25.0 Å². The minimum absolute atomic E-state index is 0.493. The van der Waals surface area contributed by atoms with E-state index in [1.54, 1.807) is 12.4 Å². The Kier molecular flexibility index (Phi) is 4.23. The number of nitrogens with zero attached hydrogens (tertiary/aromatic N) is 4. The quantitative estimate of drug-likeness (QED) is 0.670. The Morgan fingerprint density at radius 2 is 1.89 bits per heavy atom. The number of rotatable bonds is 3. The van der Waals surface area contributed by atoms with Crippen LogP contribution < -0.4 is 10.6 Å². The maximum atomic E-state index is 12.1. The van der Waals surface area contributed by atoms with E-state index in [1.807, 2.05) is 18.7 Å². The third kappa shape index (κ3) is 2.52. The molecule has 0 spiro atoms. The minimum atomic E-state index is -1.36. The number of nitrogen functional groups attached to an aromatic ring is 1. The molecule has 0 aliphatic carbocycles. The van der Waals surface area contributed by atoms with Crippen LogP contribution in [0, 0.1) is 20.8 Å². The van der Waals surface area contributed by atoms with Crippen molar-refractivity contribution in [2.75, 3.05) is 24.3 Å². The van der Waals surface area contributed by atoms with E-state index in [0.717, 1.165) is 40.0 Å². The highest BCUT2D eigenvalue weighted by Crippen LogP contribution is 2.44. The molecule has 1 aromatic carbocycles. The number of aromatic nitrogens is 3. The molecule has 0 unspecified atom stereocenters. The van der Waals surface area contributed by atoms with Crippen LogP contribution in [-0.4, -0.2) is 39.3 Å². The van der Waals surface area contributed by atoms with Crippen molar-refractivity contribution in [3.05, 3.63) is 40.8 Å². The standard InChI is InChI=1S/C20H23N5O3/c1-10-7-14-11(2)15(18(26)19(27)28-4)12(3)16-17(14)24(10)5-6-25(16)20-22-8-13(21)9-23-20/h7-9,18,26H,5-6,21H2,1-4H3/t18-/m0/s1. The minimum Gasteiger partial charge on any atom is -0.467 e. The zero-order valence-electron chi connectivity index (χ0n) is 16.4. The summed E-state index contributed by atoms with van der Waals surface area (Å²) in [6, 6.07) is 2.09. The van der Waals surface area contributed by atoms with Crippen molar-refractivity contribution in [1.82, 2.24) is 14.5 Å². The van der Waals surface area contributed by atoms with Crippen molar-refractivity contribution in [2.45, 2.75) is 33.4 Å². The summed E-state index contributed by atoms with van der Waals surface area (Å²) in [6.07, 6.45) is 1.80. The van der Waals surface area contributed by atoms with Gasteiger partial charge in [-0.25, -0.2) is 14.8 Å². The van der Waals surface area contributed by atoms with E-state index >= 15 is 0 Å². The number of carbonyl (C=O) groups excluding carboxylic acids is 1. The van der Waals surface area contributed by atoms with Gasteiger partial charge in [0.25, 0.3) is 0 Å². The Balaban J connectivity index is 2.03. The monoisotopic (exact) mass is 381 g/mol. The number of methoxy groups -OCH3 is 1. The van der Waals surface area contributed by atoms with E-state index in [2.05, 4.69) is 27.5 Å². The summed E-state index contributed by atoms with van der Waals surface area (Å²) >= 11 is 0. The fourth-order valence-corrected chi connectivity index (χ4v) is 4.19. The molecule has 0 fully saturated rings. The van der Waals surface area contributed by atoms with Crippen LogP contribution in [-0.2, 0) is 16.1 Å². The first-order chi connectivity index (χ1) is 13.3. The van der Waals surface area contributed by atoms with Gasteiger partial charge in [-0.1, -0.05) is 0 Å². The smallest absolute Gasteiger partial charge is 0.339 e. The van der Waals surface area contributed by atoms with E-state index in [-0.39, 0.29) is 0 Å². The first-order valence-corrected chi connectivity index (χ1v) is 9.09. The van der Waals surface area contributed by atoms with Crippen molar-refractivity contribution < 1.29 is 14.6 Å². The lowest BCUT2D eigenvalue weighted by atomic mass is 9.92. The molecule has 28 heavy (non-hydrogen) atoms. The number of benzene rings is 1. The molecule has 8 heteroatoms. The van der Waals surface area contributed by atoms with Gasteiger partial charge in [-0.05, 0) is 38.0 Å². The van der Waals surface area contributed by atoms with Crippen molar-refractivity contribution in [1.29, 1.82) is 0 Å². The number of aliphatic hydroxyl groups excluding tert-OH is 1. The van der Waals surface area contributed by atoms with Crippen LogP contribution in [0.2, 0.25) is 0 Å². The molecule has 0 amide bonds. The van der Waals surface area contributed by atoms with Gasteiger partial charge in [0.15, 0.2) is 6.10 Å². The molecule has 4 rings (SSSR count). The van der Waals surface area contributed by atoms with Crippen LogP contribution in [0.15, 0.2) is 18.5 Å². The number of anilines is 3. The van der Waals surface area contributed by atoms with Crippen molar-refractivity contribution in [3.8, 4) is 0 Å². The second kappa shape index (κ2) is 6.49. The van der Waals surface area contributed by atoms with Gasteiger partial charge in [0, 0.05) is 29.7 Å². The van der Waals surface area contributed by atoms with Gasteiger partial charge in [0.05, 0.1) is 36.4 Å². The van der Waals surface area contributed by atoms with Gasteiger partial charge in [-0.15, -0.1) is 0 Å². The molecule has 3 N–H and O–H groups in total. The molecule has 3 aromatic rings. The predicted octanol–water partition coefficient (Wildman–Crippen LogP) is 2.30. The predicted molar refractivity (Wildman–Crippen MR) is 107 cm³/mol. The van der Waals surface area contributed by atoms with Crippen molar-refractivity contribution in [3.63, 3.8) is 0 Å². The normalized spacial score (nSPS) is 14.4. The van der Waals surface area contributed by atoms with Crippen LogP contribution in [0.25, 0.3) is 10.9 Å². The number of nitrogens with two attached hydrogens (primary N) is 1. The molecule has 2 aromatic heterocycles. The van der Waals surface area contributed by atoms with Gasteiger partial charge in [-0.3, -0.25) is 0 Å². The third-order valence-electron chi connectivity index (χ3n) is 5.51. The number of hydrogen-bond donors (Lipinski definition) is 2. The lowest BCUT2D eigenvalue weighted by Gasteiger charge is -2.33. The maximum absolute atomic E-state index is 12.1. The third-order valence-corrected chi connectivity index (χ3v) is 5.51. The topological polar surface area (TPSA) is 106 Å². The molecule has 1 atom stereocenters. The summed E-state index contributed by atoms with van der Waals surface area (Å²) in [5.41, 5.74) is 11.6. The lowest BCUT2D eigenvalue weighted by Crippen LogP contribution is -2.30. The second-order valence-corrected chi connectivity index (χ2v) is 7.11. The molecule has 8 nitrogen and oxygen atoms in total. The number of aryl methyl sites for hydroxylation is 2.